The monoisotopic (exact) mass is 399 g/mol. The number of sulfonamides is 1. The van der Waals surface area contributed by atoms with Gasteiger partial charge in [-0.3, -0.25) is 4.72 Å². The summed E-state index contributed by atoms with van der Waals surface area (Å²) in [5.41, 5.74) is -1.45. The predicted octanol–water partition coefficient (Wildman–Crippen LogP) is 4.82. The molecule has 0 aliphatic heterocycles. The quantitative estimate of drug-likeness (QED) is 0.801. The molecule has 0 aromatic heterocycles. The van der Waals surface area contributed by atoms with Gasteiger partial charge < -0.3 is 4.74 Å². The van der Waals surface area contributed by atoms with Gasteiger partial charge in [-0.25, -0.2) is 8.42 Å². The fourth-order valence-electron chi connectivity index (χ4n) is 1.88. The van der Waals surface area contributed by atoms with Gasteiger partial charge in [0.1, 0.15) is 10.6 Å². The third-order valence-electron chi connectivity index (χ3n) is 2.94. The van der Waals surface area contributed by atoms with Crippen LogP contribution in [-0.2, 0) is 16.2 Å². The largest absolute Gasteiger partial charge is 0.495 e. The molecule has 0 bridgehead atoms. The second-order valence-corrected chi connectivity index (χ2v) is 7.09. The van der Waals surface area contributed by atoms with Gasteiger partial charge in [0, 0.05) is 10.7 Å². The van der Waals surface area contributed by atoms with Crippen molar-refractivity contribution < 1.29 is 26.3 Å². The van der Waals surface area contributed by atoms with Crippen LogP contribution in [0.15, 0.2) is 41.3 Å². The van der Waals surface area contributed by atoms with Crippen molar-refractivity contribution in [2.45, 2.75) is 11.1 Å². The van der Waals surface area contributed by atoms with Crippen LogP contribution in [-0.4, -0.2) is 15.5 Å². The van der Waals surface area contributed by atoms with Crippen LogP contribution >= 0.6 is 23.2 Å². The molecule has 10 heteroatoms. The van der Waals surface area contributed by atoms with Crippen LogP contribution in [0, 0.1) is 0 Å². The number of anilines is 1. The number of hydrogen-bond acceptors (Lipinski definition) is 3. The van der Waals surface area contributed by atoms with Gasteiger partial charge in [0.05, 0.1) is 17.7 Å². The summed E-state index contributed by atoms with van der Waals surface area (Å²) in [6, 6.07) is 6.56. The summed E-state index contributed by atoms with van der Waals surface area (Å²) in [7, 11) is -2.97. The normalized spacial score (nSPS) is 12.1. The van der Waals surface area contributed by atoms with E-state index >= 15 is 0 Å². The Bertz CT molecular complexity index is 870. The Morgan fingerprint density at radius 1 is 1.08 bits per heavy atom. The molecule has 0 aliphatic carbocycles. The second kappa shape index (κ2) is 6.70. The molecule has 0 radical (unpaired) electrons. The smallest absolute Gasteiger partial charge is 0.417 e. The predicted molar refractivity (Wildman–Crippen MR) is 85.3 cm³/mol. The minimum Gasteiger partial charge on any atom is -0.495 e. The summed E-state index contributed by atoms with van der Waals surface area (Å²) >= 11 is 11.3. The molecule has 2 aromatic rings. The zero-order chi connectivity index (χ0) is 18.1. The first-order valence-corrected chi connectivity index (χ1v) is 8.51. The van der Waals surface area contributed by atoms with Gasteiger partial charge in [0.2, 0.25) is 0 Å². The number of methoxy groups -OCH3 is 1. The van der Waals surface area contributed by atoms with Gasteiger partial charge in [-0.1, -0.05) is 23.2 Å². The Morgan fingerprint density at radius 3 is 2.33 bits per heavy atom. The molecule has 0 spiro atoms. The van der Waals surface area contributed by atoms with Crippen molar-refractivity contribution in [2.75, 3.05) is 11.8 Å². The van der Waals surface area contributed by atoms with Crippen LogP contribution in [0.1, 0.15) is 5.56 Å². The first kappa shape index (κ1) is 18.7. The van der Waals surface area contributed by atoms with E-state index < -0.39 is 26.8 Å². The van der Waals surface area contributed by atoms with Crippen LogP contribution in [0.3, 0.4) is 0 Å². The van der Waals surface area contributed by atoms with E-state index in [1.165, 1.54) is 19.2 Å². The maximum atomic E-state index is 12.9. The first-order valence-electron chi connectivity index (χ1n) is 6.27. The highest BCUT2D eigenvalue weighted by Crippen LogP contribution is 2.37. The van der Waals surface area contributed by atoms with E-state index in [0.29, 0.717) is 6.07 Å². The van der Waals surface area contributed by atoms with E-state index in [9.17, 15) is 21.6 Å². The summed E-state index contributed by atoms with van der Waals surface area (Å²) in [6.07, 6.45) is -4.72. The highest BCUT2D eigenvalue weighted by molar-refractivity contribution is 7.92. The molecule has 0 amide bonds. The van der Waals surface area contributed by atoms with E-state index in [0.717, 1.165) is 18.2 Å². The molecule has 0 unspecified atom stereocenters. The van der Waals surface area contributed by atoms with Crippen LogP contribution in [0.25, 0.3) is 0 Å². The van der Waals surface area contributed by atoms with Gasteiger partial charge in [-0.05, 0) is 36.4 Å². The van der Waals surface area contributed by atoms with Crippen LogP contribution in [0.5, 0.6) is 5.75 Å². The molecule has 0 aliphatic rings. The average molecular weight is 400 g/mol. The molecular formula is C14H10Cl2F3NO3S. The lowest BCUT2D eigenvalue weighted by atomic mass is 10.2. The number of ether oxygens (including phenoxy) is 1. The van der Waals surface area contributed by atoms with Gasteiger partial charge in [0.25, 0.3) is 10.0 Å². The Morgan fingerprint density at radius 2 is 1.75 bits per heavy atom. The molecule has 0 heterocycles. The van der Waals surface area contributed by atoms with Crippen molar-refractivity contribution in [3.05, 3.63) is 52.0 Å². The number of hydrogen-bond donors (Lipinski definition) is 1. The Hall–Kier alpha value is -1.64. The van der Waals surface area contributed by atoms with Gasteiger partial charge in [0.15, 0.2) is 0 Å². The molecule has 0 saturated heterocycles. The number of benzene rings is 2. The maximum absolute atomic E-state index is 12.9. The Balaban J connectivity index is 2.46. The summed E-state index contributed by atoms with van der Waals surface area (Å²) in [6.45, 7) is 0. The van der Waals surface area contributed by atoms with Gasteiger partial charge >= 0.3 is 6.18 Å². The van der Waals surface area contributed by atoms with E-state index in [2.05, 4.69) is 4.72 Å². The molecule has 0 saturated carbocycles. The maximum Gasteiger partial charge on any atom is 0.417 e. The van der Waals surface area contributed by atoms with Crippen molar-refractivity contribution in [1.82, 2.24) is 0 Å². The highest BCUT2D eigenvalue weighted by Gasteiger charge is 2.33. The van der Waals surface area contributed by atoms with Crippen molar-refractivity contribution in [3.8, 4) is 5.75 Å². The molecular weight excluding hydrogens is 390 g/mol. The van der Waals surface area contributed by atoms with Crippen molar-refractivity contribution >= 4 is 38.9 Å². The second-order valence-electron chi connectivity index (χ2n) is 4.59. The zero-order valence-electron chi connectivity index (χ0n) is 12.0. The highest BCUT2D eigenvalue weighted by atomic mass is 35.5. The van der Waals surface area contributed by atoms with Crippen LogP contribution < -0.4 is 9.46 Å². The molecule has 1 N–H and O–H groups in total. The van der Waals surface area contributed by atoms with Crippen LogP contribution in [0.4, 0.5) is 18.9 Å². The van der Waals surface area contributed by atoms with Gasteiger partial charge in [-0.2, -0.15) is 13.2 Å². The average Bonchev–Trinajstić information content (AvgIpc) is 2.48. The summed E-state index contributed by atoms with van der Waals surface area (Å²) < 4.78 is 70.4. The molecule has 4 nitrogen and oxygen atoms in total. The third-order valence-corrected chi connectivity index (χ3v) is 4.91. The fraction of sp³-hybridized carbons (Fsp3) is 0.143. The number of halogens is 5. The molecule has 24 heavy (non-hydrogen) atoms. The third kappa shape index (κ3) is 4.06. The number of rotatable bonds is 4. The first-order chi connectivity index (χ1) is 11.0. The van der Waals surface area contributed by atoms with Crippen molar-refractivity contribution in [3.63, 3.8) is 0 Å². The lowest BCUT2D eigenvalue weighted by Gasteiger charge is -2.14. The topological polar surface area (TPSA) is 55.4 Å². The summed E-state index contributed by atoms with van der Waals surface area (Å²) in [5, 5.41) is -0.408. The van der Waals surface area contributed by atoms with Crippen molar-refractivity contribution in [1.29, 1.82) is 0 Å². The fourth-order valence-corrected chi connectivity index (χ4v) is 3.58. The standard InChI is InChI=1S/C14H10Cl2F3NO3S/c1-23-12-5-2-8(15)6-13(12)24(21,22)20-9-3-4-11(16)10(7-9)14(17,18)19/h2-7,20H,1H3. The molecule has 0 fully saturated rings. The van der Waals surface area contributed by atoms with Crippen LogP contribution in [0.2, 0.25) is 10.0 Å². The number of nitrogens with one attached hydrogen (secondary N) is 1. The molecule has 2 rings (SSSR count). The molecule has 130 valence electrons. The van der Waals surface area contributed by atoms with Crippen molar-refractivity contribution in [2.24, 2.45) is 0 Å². The Kier molecular flexibility index (Phi) is 5.22. The summed E-state index contributed by atoms with van der Waals surface area (Å²) in [5.74, 6) is -0.00286. The SMILES string of the molecule is COc1ccc(Cl)cc1S(=O)(=O)Nc1ccc(Cl)c(C(F)(F)F)c1. The Labute approximate surface area is 146 Å². The number of alkyl halides is 3. The van der Waals surface area contributed by atoms with E-state index in [1.54, 1.807) is 0 Å². The minimum atomic E-state index is -4.72. The van der Waals surface area contributed by atoms with E-state index in [1.807, 2.05) is 0 Å². The van der Waals surface area contributed by atoms with Gasteiger partial charge in [-0.15, -0.1) is 0 Å². The molecule has 0 atom stereocenters. The minimum absolute atomic E-state index is 0.00286. The molecule has 2 aromatic carbocycles. The zero-order valence-corrected chi connectivity index (χ0v) is 14.3. The van der Waals surface area contributed by atoms with E-state index in [-0.39, 0.29) is 21.4 Å². The summed E-state index contributed by atoms with van der Waals surface area (Å²) in [4.78, 5) is -0.305. The lowest BCUT2D eigenvalue weighted by molar-refractivity contribution is -0.137. The van der Waals surface area contributed by atoms with E-state index in [4.69, 9.17) is 27.9 Å². The lowest BCUT2D eigenvalue weighted by Crippen LogP contribution is -2.15.